The third-order valence-electron chi connectivity index (χ3n) is 2.79. The Labute approximate surface area is 113 Å². The molecule has 2 aromatic carbocycles. The van der Waals surface area contributed by atoms with Crippen LogP contribution < -0.4 is 9.47 Å². The lowest BCUT2D eigenvalue weighted by Gasteiger charge is -2.09. The Morgan fingerprint density at radius 2 is 1.32 bits per heavy atom. The van der Waals surface area contributed by atoms with Gasteiger partial charge in [0, 0.05) is 6.07 Å². The highest BCUT2D eigenvalue weighted by Crippen LogP contribution is 2.23. The zero-order valence-corrected chi connectivity index (χ0v) is 11.3. The van der Waals surface area contributed by atoms with Crippen molar-refractivity contribution in [2.75, 3.05) is 14.2 Å². The summed E-state index contributed by atoms with van der Waals surface area (Å²) in [6, 6.07) is 15.9. The molecule has 2 aromatic rings. The van der Waals surface area contributed by atoms with Gasteiger partial charge in [-0.3, -0.25) is 0 Å². The molecule has 19 heavy (non-hydrogen) atoms. The van der Waals surface area contributed by atoms with Crippen LogP contribution in [-0.2, 0) is 18.0 Å². The molecule has 0 aliphatic heterocycles. The van der Waals surface area contributed by atoms with Gasteiger partial charge >= 0.3 is 0 Å². The molecule has 0 fully saturated rings. The minimum Gasteiger partial charge on any atom is -0.497 e. The van der Waals surface area contributed by atoms with Crippen LogP contribution in [0.2, 0.25) is 0 Å². The second kappa shape index (κ2) is 6.81. The predicted octanol–water partition coefficient (Wildman–Crippen LogP) is 3.42. The Hall–Kier alpha value is -2.00. The van der Waals surface area contributed by atoms with Crippen molar-refractivity contribution < 1.29 is 14.2 Å². The first-order chi connectivity index (χ1) is 9.31. The van der Waals surface area contributed by atoms with E-state index in [1.165, 1.54) is 0 Å². The largest absolute Gasteiger partial charge is 0.497 e. The van der Waals surface area contributed by atoms with Crippen LogP contribution in [0.15, 0.2) is 48.5 Å². The summed E-state index contributed by atoms with van der Waals surface area (Å²) in [6.45, 7) is 1.13. The number of methoxy groups -OCH3 is 2. The molecule has 0 atom stereocenters. The van der Waals surface area contributed by atoms with Crippen molar-refractivity contribution in [3.8, 4) is 11.5 Å². The molecule has 0 saturated heterocycles. The van der Waals surface area contributed by atoms with Crippen LogP contribution in [0.25, 0.3) is 0 Å². The van der Waals surface area contributed by atoms with Gasteiger partial charge < -0.3 is 14.2 Å². The van der Waals surface area contributed by atoms with Crippen LogP contribution in [-0.4, -0.2) is 14.2 Å². The summed E-state index contributed by atoms with van der Waals surface area (Å²) in [5.74, 6) is 1.55. The summed E-state index contributed by atoms with van der Waals surface area (Å²) in [4.78, 5) is 0. The highest BCUT2D eigenvalue weighted by atomic mass is 16.5. The molecule has 0 bridgehead atoms. The zero-order valence-electron chi connectivity index (χ0n) is 11.3. The van der Waals surface area contributed by atoms with E-state index in [1.807, 2.05) is 48.5 Å². The monoisotopic (exact) mass is 258 g/mol. The molecule has 0 radical (unpaired) electrons. The van der Waals surface area contributed by atoms with Crippen molar-refractivity contribution in [2.45, 2.75) is 13.2 Å². The van der Waals surface area contributed by atoms with Crippen molar-refractivity contribution in [1.82, 2.24) is 0 Å². The first kappa shape index (κ1) is 13.4. The summed E-state index contributed by atoms with van der Waals surface area (Å²) >= 11 is 0. The van der Waals surface area contributed by atoms with Gasteiger partial charge in [0.05, 0.1) is 27.4 Å². The highest BCUT2D eigenvalue weighted by molar-refractivity contribution is 5.38. The molecule has 0 aliphatic rings. The van der Waals surface area contributed by atoms with Gasteiger partial charge in [-0.25, -0.2) is 0 Å². The van der Waals surface area contributed by atoms with E-state index in [9.17, 15) is 0 Å². The maximum Gasteiger partial charge on any atom is 0.122 e. The standard InChI is InChI=1S/C16H18O3/c1-17-15-8-14(9-16(10-15)18-2)12-19-11-13-6-4-3-5-7-13/h3-10H,11-12H2,1-2H3. The number of rotatable bonds is 6. The van der Waals surface area contributed by atoms with Crippen LogP contribution in [0, 0.1) is 0 Å². The summed E-state index contributed by atoms with van der Waals surface area (Å²) in [5.41, 5.74) is 2.20. The van der Waals surface area contributed by atoms with Gasteiger partial charge in [-0.2, -0.15) is 0 Å². The zero-order chi connectivity index (χ0) is 13.5. The van der Waals surface area contributed by atoms with Crippen LogP contribution in [0.4, 0.5) is 0 Å². The van der Waals surface area contributed by atoms with Gasteiger partial charge in [0.25, 0.3) is 0 Å². The molecule has 0 aliphatic carbocycles. The Kier molecular flexibility index (Phi) is 4.81. The first-order valence-corrected chi connectivity index (χ1v) is 6.15. The average molecular weight is 258 g/mol. The number of hydrogen-bond acceptors (Lipinski definition) is 3. The van der Waals surface area contributed by atoms with Gasteiger partial charge in [-0.15, -0.1) is 0 Å². The van der Waals surface area contributed by atoms with Gasteiger partial charge in [0.2, 0.25) is 0 Å². The Morgan fingerprint density at radius 1 is 0.737 bits per heavy atom. The van der Waals surface area contributed by atoms with Crippen LogP contribution in [0.1, 0.15) is 11.1 Å². The molecule has 100 valence electrons. The molecule has 0 amide bonds. The van der Waals surface area contributed by atoms with E-state index in [0.29, 0.717) is 13.2 Å². The molecule has 0 saturated carbocycles. The van der Waals surface area contributed by atoms with E-state index in [2.05, 4.69) is 0 Å². The van der Waals surface area contributed by atoms with E-state index in [0.717, 1.165) is 22.6 Å². The second-order valence-electron chi connectivity index (χ2n) is 4.20. The van der Waals surface area contributed by atoms with Crippen molar-refractivity contribution in [2.24, 2.45) is 0 Å². The minimum absolute atomic E-state index is 0.530. The maximum atomic E-state index is 5.69. The number of hydrogen-bond donors (Lipinski definition) is 0. The van der Waals surface area contributed by atoms with E-state index >= 15 is 0 Å². The van der Waals surface area contributed by atoms with Gasteiger partial charge in [-0.05, 0) is 23.3 Å². The quantitative estimate of drug-likeness (QED) is 0.794. The number of benzene rings is 2. The predicted molar refractivity (Wildman–Crippen MR) is 74.5 cm³/mol. The molecule has 0 heterocycles. The van der Waals surface area contributed by atoms with Gasteiger partial charge in [0.1, 0.15) is 11.5 Å². The Morgan fingerprint density at radius 3 is 1.89 bits per heavy atom. The third kappa shape index (κ3) is 4.00. The molecule has 0 unspecified atom stereocenters. The number of ether oxygens (including phenoxy) is 3. The van der Waals surface area contributed by atoms with E-state index < -0.39 is 0 Å². The van der Waals surface area contributed by atoms with Crippen LogP contribution in [0.3, 0.4) is 0 Å². The Bertz CT molecular complexity index is 486. The SMILES string of the molecule is COc1cc(COCc2ccccc2)cc(OC)c1. The summed E-state index contributed by atoms with van der Waals surface area (Å²) < 4.78 is 16.1. The molecule has 3 nitrogen and oxygen atoms in total. The fourth-order valence-electron chi connectivity index (χ4n) is 1.81. The van der Waals surface area contributed by atoms with E-state index in [4.69, 9.17) is 14.2 Å². The van der Waals surface area contributed by atoms with Crippen molar-refractivity contribution >= 4 is 0 Å². The lowest BCUT2D eigenvalue weighted by Crippen LogP contribution is -1.96. The van der Waals surface area contributed by atoms with Crippen LogP contribution >= 0.6 is 0 Å². The topological polar surface area (TPSA) is 27.7 Å². The van der Waals surface area contributed by atoms with Crippen molar-refractivity contribution in [3.05, 3.63) is 59.7 Å². The van der Waals surface area contributed by atoms with Crippen molar-refractivity contribution in [1.29, 1.82) is 0 Å². The maximum absolute atomic E-state index is 5.69. The minimum atomic E-state index is 0.530. The summed E-state index contributed by atoms with van der Waals surface area (Å²) in [7, 11) is 3.28. The fraction of sp³-hybridized carbons (Fsp3) is 0.250. The van der Waals surface area contributed by atoms with E-state index in [-0.39, 0.29) is 0 Å². The average Bonchev–Trinajstić information content (AvgIpc) is 2.48. The van der Waals surface area contributed by atoms with Crippen molar-refractivity contribution in [3.63, 3.8) is 0 Å². The molecule has 0 N–H and O–H groups in total. The smallest absolute Gasteiger partial charge is 0.122 e. The lowest BCUT2D eigenvalue weighted by molar-refractivity contribution is 0.107. The normalized spacial score (nSPS) is 10.2. The summed E-state index contributed by atoms with van der Waals surface area (Å²) in [6.07, 6.45) is 0. The molecule has 3 heteroatoms. The molecule has 0 spiro atoms. The fourth-order valence-corrected chi connectivity index (χ4v) is 1.81. The lowest BCUT2D eigenvalue weighted by atomic mass is 10.2. The van der Waals surface area contributed by atoms with E-state index in [1.54, 1.807) is 14.2 Å². The van der Waals surface area contributed by atoms with Gasteiger partial charge in [-0.1, -0.05) is 30.3 Å². The second-order valence-corrected chi connectivity index (χ2v) is 4.20. The first-order valence-electron chi connectivity index (χ1n) is 6.15. The molecule has 2 rings (SSSR count). The third-order valence-corrected chi connectivity index (χ3v) is 2.79. The van der Waals surface area contributed by atoms with Gasteiger partial charge in [0.15, 0.2) is 0 Å². The highest BCUT2D eigenvalue weighted by Gasteiger charge is 2.02. The Balaban J connectivity index is 1.95. The molecule has 0 aromatic heterocycles. The van der Waals surface area contributed by atoms with Crippen LogP contribution in [0.5, 0.6) is 11.5 Å². The molecular weight excluding hydrogens is 240 g/mol. The molecular formula is C16H18O3. The summed E-state index contributed by atoms with van der Waals surface area (Å²) in [5, 5.41) is 0.